The summed E-state index contributed by atoms with van der Waals surface area (Å²) in [4.78, 5) is 11.9. The van der Waals surface area contributed by atoms with Crippen LogP contribution in [0.25, 0.3) is 5.69 Å². The first-order valence-corrected chi connectivity index (χ1v) is 6.33. The Morgan fingerprint density at radius 2 is 1.95 bits per heavy atom. The Labute approximate surface area is 120 Å². The molecule has 0 atom stereocenters. The van der Waals surface area contributed by atoms with Crippen molar-refractivity contribution >= 4 is 17.3 Å². The molecule has 0 spiro atoms. The number of halogens is 1. The summed E-state index contributed by atoms with van der Waals surface area (Å²) in [5, 5.41) is 8.09. The van der Waals surface area contributed by atoms with E-state index in [1.807, 2.05) is 18.2 Å². The molecular weight excluding hydrogens is 276 g/mol. The molecule has 0 unspecified atom stereocenters. The van der Waals surface area contributed by atoms with Crippen molar-refractivity contribution in [2.24, 2.45) is 0 Å². The van der Waals surface area contributed by atoms with Gasteiger partial charge in [-0.25, -0.2) is 19.6 Å². The van der Waals surface area contributed by atoms with Crippen LogP contribution in [0, 0.1) is 0 Å². The lowest BCUT2D eigenvalue weighted by Gasteiger charge is -2.12. The SMILES string of the molecule is Clc1ccc(-n2cncn2)c(NCc2cncnc2)c1. The van der Waals surface area contributed by atoms with Crippen molar-refractivity contribution < 1.29 is 0 Å². The number of aromatic nitrogens is 5. The topological polar surface area (TPSA) is 68.5 Å². The first kappa shape index (κ1) is 12.6. The molecule has 0 saturated carbocycles. The van der Waals surface area contributed by atoms with E-state index in [4.69, 9.17) is 11.6 Å². The molecule has 1 aromatic carbocycles. The molecule has 2 aromatic heterocycles. The van der Waals surface area contributed by atoms with Gasteiger partial charge in [-0.2, -0.15) is 5.10 Å². The smallest absolute Gasteiger partial charge is 0.138 e. The fraction of sp³-hybridized carbons (Fsp3) is 0.0769. The molecule has 0 aliphatic carbocycles. The van der Waals surface area contributed by atoms with Crippen molar-refractivity contribution in [3.8, 4) is 5.69 Å². The third kappa shape index (κ3) is 2.75. The van der Waals surface area contributed by atoms with Gasteiger partial charge >= 0.3 is 0 Å². The summed E-state index contributed by atoms with van der Waals surface area (Å²) in [5.41, 5.74) is 2.73. The van der Waals surface area contributed by atoms with Crippen LogP contribution in [0.4, 0.5) is 5.69 Å². The molecule has 3 aromatic rings. The van der Waals surface area contributed by atoms with E-state index >= 15 is 0 Å². The molecule has 0 bridgehead atoms. The molecule has 6 nitrogen and oxygen atoms in total. The minimum Gasteiger partial charge on any atom is -0.379 e. The lowest BCUT2D eigenvalue weighted by atomic mass is 10.2. The Kier molecular flexibility index (Phi) is 3.56. The second kappa shape index (κ2) is 5.66. The van der Waals surface area contributed by atoms with Crippen LogP contribution >= 0.6 is 11.6 Å². The number of hydrogen-bond acceptors (Lipinski definition) is 5. The van der Waals surface area contributed by atoms with Crippen molar-refractivity contribution in [1.29, 1.82) is 0 Å². The van der Waals surface area contributed by atoms with Crippen LogP contribution in [0.2, 0.25) is 5.02 Å². The molecule has 2 heterocycles. The fourth-order valence-corrected chi connectivity index (χ4v) is 1.97. The molecule has 0 aliphatic heterocycles. The van der Waals surface area contributed by atoms with E-state index in [0.29, 0.717) is 11.6 Å². The Hall–Kier alpha value is -2.47. The van der Waals surface area contributed by atoms with Gasteiger partial charge in [-0.05, 0) is 18.2 Å². The highest BCUT2D eigenvalue weighted by Crippen LogP contribution is 2.24. The number of rotatable bonds is 4. The van der Waals surface area contributed by atoms with Gasteiger partial charge in [-0.3, -0.25) is 0 Å². The summed E-state index contributed by atoms with van der Waals surface area (Å²) in [6.07, 6.45) is 8.16. The van der Waals surface area contributed by atoms with Gasteiger partial charge in [0.15, 0.2) is 0 Å². The lowest BCUT2D eigenvalue weighted by molar-refractivity contribution is 0.877. The van der Waals surface area contributed by atoms with E-state index in [0.717, 1.165) is 16.9 Å². The number of benzene rings is 1. The largest absolute Gasteiger partial charge is 0.379 e. The van der Waals surface area contributed by atoms with E-state index in [9.17, 15) is 0 Å². The highest BCUT2D eigenvalue weighted by Gasteiger charge is 2.06. The predicted octanol–water partition coefficient (Wildman–Crippen LogP) is 2.32. The fourth-order valence-electron chi connectivity index (χ4n) is 1.80. The standard InChI is InChI=1S/C13H11ClN6/c14-11-1-2-13(20-9-17-8-19-20)12(3-11)18-6-10-4-15-7-16-5-10/h1-5,7-9,18H,6H2. The first-order chi connectivity index (χ1) is 9.83. The number of nitrogens with zero attached hydrogens (tertiary/aromatic N) is 5. The third-order valence-corrected chi connectivity index (χ3v) is 2.96. The molecule has 100 valence electrons. The van der Waals surface area contributed by atoms with E-state index in [1.54, 1.807) is 23.4 Å². The highest BCUT2D eigenvalue weighted by atomic mass is 35.5. The maximum atomic E-state index is 6.05. The van der Waals surface area contributed by atoms with Gasteiger partial charge < -0.3 is 5.32 Å². The monoisotopic (exact) mass is 286 g/mol. The second-order valence-electron chi connectivity index (χ2n) is 4.10. The zero-order chi connectivity index (χ0) is 13.8. The summed E-state index contributed by atoms with van der Waals surface area (Å²) in [5.74, 6) is 0. The summed E-state index contributed by atoms with van der Waals surface area (Å²) in [7, 11) is 0. The molecular formula is C13H11ClN6. The number of nitrogens with one attached hydrogen (secondary N) is 1. The van der Waals surface area contributed by atoms with Gasteiger partial charge in [-0.1, -0.05) is 11.6 Å². The van der Waals surface area contributed by atoms with Crippen molar-refractivity contribution in [2.45, 2.75) is 6.54 Å². The summed E-state index contributed by atoms with van der Waals surface area (Å²) >= 11 is 6.05. The minimum absolute atomic E-state index is 0.600. The summed E-state index contributed by atoms with van der Waals surface area (Å²) < 4.78 is 1.68. The molecule has 0 saturated heterocycles. The van der Waals surface area contributed by atoms with Crippen molar-refractivity contribution in [1.82, 2.24) is 24.7 Å². The van der Waals surface area contributed by atoms with Crippen LogP contribution in [0.3, 0.4) is 0 Å². The quantitative estimate of drug-likeness (QED) is 0.797. The van der Waals surface area contributed by atoms with Crippen LogP contribution in [0.15, 0.2) is 49.6 Å². The maximum Gasteiger partial charge on any atom is 0.138 e. The van der Waals surface area contributed by atoms with Gasteiger partial charge in [-0.15, -0.1) is 0 Å². The zero-order valence-corrected chi connectivity index (χ0v) is 11.2. The minimum atomic E-state index is 0.600. The van der Waals surface area contributed by atoms with Crippen molar-refractivity contribution in [2.75, 3.05) is 5.32 Å². The van der Waals surface area contributed by atoms with Gasteiger partial charge in [0, 0.05) is 29.5 Å². The van der Waals surface area contributed by atoms with Gasteiger partial charge in [0.05, 0.1) is 11.4 Å². The van der Waals surface area contributed by atoms with E-state index < -0.39 is 0 Å². The van der Waals surface area contributed by atoms with Crippen LogP contribution in [0.1, 0.15) is 5.56 Å². The van der Waals surface area contributed by atoms with Crippen LogP contribution in [0.5, 0.6) is 0 Å². The molecule has 20 heavy (non-hydrogen) atoms. The van der Waals surface area contributed by atoms with Gasteiger partial charge in [0.2, 0.25) is 0 Å². The van der Waals surface area contributed by atoms with Crippen LogP contribution in [-0.2, 0) is 6.54 Å². The van der Waals surface area contributed by atoms with Crippen LogP contribution < -0.4 is 5.32 Å². The Morgan fingerprint density at radius 3 is 2.70 bits per heavy atom. The van der Waals surface area contributed by atoms with E-state index in [1.165, 1.54) is 12.7 Å². The van der Waals surface area contributed by atoms with Crippen molar-refractivity contribution in [3.05, 3.63) is 60.2 Å². The number of hydrogen-bond donors (Lipinski definition) is 1. The lowest BCUT2D eigenvalue weighted by Crippen LogP contribution is -2.05. The molecule has 0 aliphatic rings. The summed E-state index contributed by atoms with van der Waals surface area (Å²) in [6.45, 7) is 0.600. The Bertz CT molecular complexity index is 683. The van der Waals surface area contributed by atoms with Crippen LogP contribution in [-0.4, -0.2) is 24.7 Å². The molecule has 0 radical (unpaired) electrons. The van der Waals surface area contributed by atoms with E-state index in [2.05, 4.69) is 25.4 Å². The molecule has 0 fully saturated rings. The summed E-state index contributed by atoms with van der Waals surface area (Å²) in [6, 6.07) is 5.55. The van der Waals surface area contributed by atoms with Crippen molar-refractivity contribution in [3.63, 3.8) is 0 Å². The zero-order valence-electron chi connectivity index (χ0n) is 10.4. The first-order valence-electron chi connectivity index (χ1n) is 5.95. The maximum absolute atomic E-state index is 6.05. The second-order valence-corrected chi connectivity index (χ2v) is 4.54. The Morgan fingerprint density at radius 1 is 1.10 bits per heavy atom. The molecule has 3 rings (SSSR count). The highest BCUT2D eigenvalue weighted by molar-refractivity contribution is 6.31. The van der Waals surface area contributed by atoms with E-state index in [-0.39, 0.29) is 0 Å². The average Bonchev–Trinajstić information content (AvgIpc) is 3.00. The predicted molar refractivity (Wildman–Crippen MR) is 75.7 cm³/mol. The van der Waals surface area contributed by atoms with Gasteiger partial charge in [0.1, 0.15) is 19.0 Å². The average molecular weight is 287 g/mol. The number of anilines is 1. The Balaban J connectivity index is 1.87. The molecule has 1 N–H and O–H groups in total. The molecule has 0 amide bonds. The normalized spacial score (nSPS) is 10.4. The van der Waals surface area contributed by atoms with Gasteiger partial charge in [0.25, 0.3) is 0 Å². The molecule has 7 heteroatoms. The third-order valence-electron chi connectivity index (χ3n) is 2.72.